The summed E-state index contributed by atoms with van der Waals surface area (Å²) in [6.45, 7) is 5.46. The van der Waals surface area contributed by atoms with Gasteiger partial charge in [-0.05, 0) is 31.0 Å². The quantitative estimate of drug-likeness (QED) is 0.790. The maximum atomic E-state index is 11.4. The summed E-state index contributed by atoms with van der Waals surface area (Å²) in [5.74, 6) is 0.0865. The van der Waals surface area contributed by atoms with Crippen molar-refractivity contribution < 1.29 is 4.79 Å². The molecule has 0 fully saturated rings. The normalized spacial score (nSPS) is 12.2. The third-order valence-electron chi connectivity index (χ3n) is 2.80. The lowest BCUT2D eigenvalue weighted by atomic mass is 10.1. The number of hydrogen-bond donors (Lipinski definition) is 2. The fraction of sp³-hybridized carbons (Fsp3) is 0.500. The summed E-state index contributed by atoms with van der Waals surface area (Å²) in [5, 5.41) is 6.89. The van der Waals surface area contributed by atoms with Gasteiger partial charge in [0.05, 0.1) is 0 Å². The first-order chi connectivity index (χ1) is 9.04. The van der Waals surface area contributed by atoms with E-state index in [4.69, 9.17) is 11.6 Å². The number of carbonyl (C=O) groups is 1. The summed E-state index contributed by atoms with van der Waals surface area (Å²) in [7, 11) is 0. The zero-order chi connectivity index (χ0) is 14.3. The Morgan fingerprint density at radius 2 is 2.16 bits per heavy atom. The van der Waals surface area contributed by atoms with Crippen molar-refractivity contribution in [2.45, 2.75) is 32.7 Å². The Kier molecular flexibility index (Phi) is 7.42. The molecule has 2 N–H and O–H groups in total. The van der Waals surface area contributed by atoms with Crippen molar-refractivity contribution in [3.63, 3.8) is 0 Å². The maximum Gasteiger partial charge on any atom is 0.221 e. The molecule has 0 saturated carbocycles. The van der Waals surface area contributed by atoms with Crippen molar-refractivity contribution in [3.8, 4) is 0 Å². The minimum atomic E-state index is 0.0865. The van der Waals surface area contributed by atoms with Gasteiger partial charge in [-0.2, -0.15) is 0 Å². The molecule has 0 aliphatic heterocycles. The van der Waals surface area contributed by atoms with Gasteiger partial charge < -0.3 is 10.6 Å². The fourth-order valence-corrected chi connectivity index (χ4v) is 2.55. The SMILES string of the molecule is CCCNC(=O)CCNC(C)c1ccc(Br)cc1Cl. The molecule has 0 radical (unpaired) electrons. The minimum Gasteiger partial charge on any atom is -0.356 e. The molecule has 0 aromatic heterocycles. The van der Waals surface area contributed by atoms with E-state index < -0.39 is 0 Å². The lowest BCUT2D eigenvalue weighted by molar-refractivity contribution is -0.121. The molecule has 1 amide bonds. The van der Waals surface area contributed by atoms with Crippen LogP contribution in [0.3, 0.4) is 0 Å². The van der Waals surface area contributed by atoms with Gasteiger partial charge in [0.2, 0.25) is 5.91 Å². The zero-order valence-corrected chi connectivity index (χ0v) is 13.6. The summed E-state index contributed by atoms with van der Waals surface area (Å²) >= 11 is 9.57. The number of carbonyl (C=O) groups excluding carboxylic acids is 1. The summed E-state index contributed by atoms with van der Waals surface area (Å²) < 4.78 is 0.965. The van der Waals surface area contributed by atoms with E-state index in [1.807, 2.05) is 32.0 Å². The molecular weight excluding hydrogens is 328 g/mol. The number of hydrogen-bond acceptors (Lipinski definition) is 2. The second-order valence-electron chi connectivity index (χ2n) is 4.44. The van der Waals surface area contributed by atoms with E-state index in [-0.39, 0.29) is 11.9 Å². The van der Waals surface area contributed by atoms with Crippen LogP contribution in [-0.4, -0.2) is 19.0 Å². The van der Waals surface area contributed by atoms with Crippen molar-refractivity contribution >= 4 is 33.4 Å². The summed E-state index contributed by atoms with van der Waals surface area (Å²) in [5.41, 5.74) is 1.04. The second kappa shape index (κ2) is 8.56. The highest BCUT2D eigenvalue weighted by atomic mass is 79.9. The molecule has 1 aromatic rings. The second-order valence-corrected chi connectivity index (χ2v) is 5.76. The van der Waals surface area contributed by atoms with Gasteiger partial charge in [0, 0.05) is 35.0 Å². The van der Waals surface area contributed by atoms with Gasteiger partial charge in [0.1, 0.15) is 0 Å². The predicted octanol–water partition coefficient (Wildman–Crippen LogP) is 3.67. The molecule has 106 valence electrons. The molecule has 5 heteroatoms. The van der Waals surface area contributed by atoms with E-state index in [0.29, 0.717) is 13.0 Å². The Balaban J connectivity index is 2.38. The van der Waals surface area contributed by atoms with Gasteiger partial charge in [-0.15, -0.1) is 0 Å². The van der Waals surface area contributed by atoms with Crippen molar-refractivity contribution in [3.05, 3.63) is 33.3 Å². The van der Waals surface area contributed by atoms with Crippen LogP contribution in [0.5, 0.6) is 0 Å². The van der Waals surface area contributed by atoms with Crippen LogP contribution in [0.2, 0.25) is 5.02 Å². The molecule has 1 aromatic carbocycles. The molecule has 0 bridgehead atoms. The first kappa shape index (κ1) is 16.5. The molecule has 0 heterocycles. The third-order valence-corrected chi connectivity index (χ3v) is 3.62. The highest BCUT2D eigenvalue weighted by Gasteiger charge is 2.10. The predicted molar refractivity (Wildman–Crippen MR) is 83.5 cm³/mol. The van der Waals surface area contributed by atoms with Crippen LogP contribution in [-0.2, 0) is 4.79 Å². The monoisotopic (exact) mass is 346 g/mol. The number of halogens is 2. The van der Waals surface area contributed by atoms with Crippen LogP contribution < -0.4 is 10.6 Å². The Morgan fingerprint density at radius 1 is 1.42 bits per heavy atom. The number of rotatable bonds is 7. The Hall–Kier alpha value is -0.580. The van der Waals surface area contributed by atoms with Gasteiger partial charge in [-0.25, -0.2) is 0 Å². The lowest BCUT2D eigenvalue weighted by Gasteiger charge is -2.15. The molecular formula is C14H20BrClN2O. The standard InChI is InChI=1S/C14H20BrClN2O/c1-3-7-18-14(19)6-8-17-10(2)12-5-4-11(15)9-13(12)16/h4-5,9-10,17H,3,6-8H2,1-2H3,(H,18,19). The zero-order valence-electron chi connectivity index (χ0n) is 11.3. The van der Waals surface area contributed by atoms with Gasteiger partial charge >= 0.3 is 0 Å². The van der Waals surface area contributed by atoms with E-state index in [2.05, 4.69) is 26.6 Å². The summed E-state index contributed by atoms with van der Waals surface area (Å²) in [6, 6.07) is 5.96. The lowest BCUT2D eigenvalue weighted by Crippen LogP contribution is -2.29. The van der Waals surface area contributed by atoms with E-state index in [9.17, 15) is 4.79 Å². The van der Waals surface area contributed by atoms with Crippen LogP contribution in [0.25, 0.3) is 0 Å². The van der Waals surface area contributed by atoms with E-state index in [1.165, 1.54) is 0 Å². The largest absolute Gasteiger partial charge is 0.356 e. The van der Waals surface area contributed by atoms with Crippen LogP contribution in [0.4, 0.5) is 0 Å². The smallest absolute Gasteiger partial charge is 0.221 e. The van der Waals surface area contributed by atoms with Gasteiger partial charge in [0.15, 0.2) is 0 Å². The number of benzene rings is 1. The van der Waals surface area contributed by atoms with Crippen molar-refractivity contribution in [1.29, 1.82) is 0 Å². The number of nitrogens with one attached hydrogen (secondary N) is 2. The molecule has 0 aliphatic rings. The number of amides is 1. The molecule has 0 aliphatic carbocycles. The summed E-state index contributed by atoms with van der Waals surface area (Å²) in [4.78, 5) is 11.4. The van der Waals surface area contributed by atoms with E-state index in [0.717, 1.165) is 28.0 Å². The molecule has 1 atom stereocenters. The maximum absolute atomic E-state index is 11.4. The van der Waals surface area contributed by atoms with Crippen LogP contribution in [0, 0.1) is 0 Å². The first-order valence-electron chi connectivity index (χ1n) is 6.49. The minimum absolute atomic E-state index is 0.0865. The molecule has 19 heavy (non-hydrogen) atoms. The van der Waals surface area contributed by atoms with Crippen molar-refractivity contribution in [1.82, 2.24) is 10.6 Å². The van der Waals surface area contributed by atoms with Gasteiger partial charge in [-0.3, -0.25) is 4.79 Å². The third kappa shape index (κ3) is 5.93. The van der Waals surface area contributed by atoms with Gasteiger partial charge in [0.25, 0.3) is 0 Å². The highest BCUT2D eigenvalue weighted by Crippen LogP contribution is 2.26. The highest BCUT2D eigenvalue weighted by molar-refractivity contribution is 9.10. The van der Waals surface area contributed by atoms with E-state index in [1.54, 1.807) is 0 Å². The molecule has 1 rings (SSSR count). The van der Waals surface area contributed by atoms with Crippen molar-refractivity contribution in [2.75, 3.05) is 13.1 Å². The average Bonchev–Trinajstić information content (AvgIpc) is 2.36. The van der Waals surface area contributed by atoms with Crippen LogP contribution in [0.15, 0.2) is 22.7 Å². The van der Waals surface area contributed by atoms with Crippen molar-refractivity contribution in [2.24, 2.45) is 0 Å². The topological polar surface area (TPSA) is 41.1 Å². The molecule has 0 saturated heterocycles. The Labute approximate surface area is 128 Å². The van der Waals surface area contributed by atoms with Crippen LogP contribution in [0.1, 0.15) is 38.3 Å². The van der Waals surface area contributed by atoms with Gasteiger partial charge in [-0.1, -0.05) is 40.5 Å². The Morgan fingerprint density at radius 3 is 2.79 bits per heavy atom. The fourth-order valence-electron chi connectivity index (χ4n) is 1.72. The first-order valence-corrected chi connectivity index (χ1v) is 7.66. The summed E-state index contributed by atoms with van der Waals surface area (Å²) in [6.07, 6.45) is 1.45. The molecule has 3 nitrogen and oxygen atoms in total. The van der Waals surface area contributed by atoms with E-state index >= 15 is 0 Å². The average molecular weight is 348 g/mol. The van der Waals surface area contributed by atoms with Crippen LogP contribution >= 0.6 is 27.5 Å². The molecule has 1 unspecified atom stereocenters. The Bertz CT molecular complexity index is 426. The molecule has 0 spiro atoms.